The number of hydrogen-bond donors (Lipinski definition) is 2. The van der Waals surface area contributed by atoms with E-state index in [4.69, 9.17) is 5.73 Å². The zero-order chi connectivity index (χ0) is 10.6. The van der Waals surface area contributed by atoms with Gasteiger partial charge < -0.3 is 11.1 Å². The van der Waals surface area contributed by atoms with Crippen LogP contribution in [0.5, 0.6) is 0 Å². The Morgan fingerprint density at radius 3 is 2.79 bits per heavy atom. The molecule has 0 radical (unpaired) electrons. The highest BCUT2D eigenvalue weighted by molar-refractivity contribution is 14.1. The van der Waals surface area contributed by atoms with Crippen molar-refractivity contribution in [3.05, 3.63) is 27.8 Å². The van der Waals surface area contributed by atoms with E-state index < -0.39 is 6.04 Å². The summed E-state index contributed by atoms with van der Waals surface area (Å²) >= 11 is 2.17. The van der Waals surface area contributed by atoms with Crippen molar-refractivity contribution in [3.63, 3.8) is 0 Å². The Bertz CT molecular complexity index is 328. The molecule has 0 aliphatic carbocycles. The third-order valence-corrected chi connectivity index (χ3v) is 2.85. The van der Waals surface area contributed by atoms with Gasteiger partial charge in [-0.25, -0.2) is 0 Å². The van der Waals surface area contributed by atoms with Crippen molar-refractivity contribution < 1.29 is 4.79 Å². The van der Waals surface area contributed by atoms with Gasteiger partial charge in [0.25, 0.3) is 0 Å². The van der Waals surface area contributed by atoms with Gasteiger partial charge in [-0.3, -0.25) is 4.79 Å². The average molecular weight is 304 g/mol. The Balaban J connectivity index is 2.70. The second-order valence-corrected chi connectivity index (χ2v) is 4.15. The first-order chi connectivity index (χ1) is 6.65. The van der Waals surface area contributed by atoms with Crippen molar-refractivity contribution in [2.75, 3.05) is 5.32 Å². The highest BCUT2D eigenvalue weighted by atomic mass is 127. The highest BCUT2D eigenvalue weighted by Gasteiger charge is 2.11. The number of carbonyl (C=O) groups excluding carboxylic acids is 1. The molecule has 76 valence electrons. The number of benzene rings is 1. The molecule has 1 aromatic rings. The summed E-state index contributed by atoms with van der Waals surface area (Å²) in [7, 11) is 0. The molecular weight excluding hydrogens is 291 g/mol. The van der Waals surface area contributed by atoms with Gasteiger partial charge in [-0.15, -0.1) is 0 Å². The molecule has 1 amide bonds. The minimum atomic E-state index is -0.425. The van der Waals surface area contributed by atoms with Gasteiger partial charge in [-0.2, -0.15) is 0 Å². The van der Waals surface area contributed by atoms with Crippen molar-refractivity contribution in [2.45, 2.75) is 19.4 Å². The molecule has 0 saturated heterocycles. The number of hydrogen-bond acceptors (Lipinski definition) is 2. The Kier molecular flexibility index (Phi) is 4.34. The van der Waals surface area contributed by atoms with Gasteiger partial charge in [0.2, 0.25) is 5.91 Å². The summed E-state index contributed by atoms with van der Waals surface area (Å²) in [4.78, 5) is 11.5. The van der Waals surface area contributed by atoms with Crippen LogP contribution in [0.15, 0.2) is 24.3 Å². The number of amides is 1. The van der Waals surface area contributed by atoms with Gasteiger partial charge in [-0.05, 0) is 41.1 Å². The van der Waals surface area contributed by atoms with E-state index in [2.05, 4.69) is 27.9 Å². The van der Waals surface area contributed by atoms with Crippen LogP contribution in [0.4, 0.5) is 5.69 Å². The van der Waals surface area contributed by atoms with Crippen molar-refractivity contribution in [3.8, 4) is 0 Å². The summed E-state index contributed by atoms with van der Waals surface area (Å²) in [6, 6.07) is 7.19. The number of anilines is 1. The maximum Gasteiger partial charge on any atom is 0.241 e. The van der Waals surface area contributed by atoms with Crippen molar-refractivity contribution in [1.82, 2.24) is 0 Å². The Morgan fingerprint density at radius 1 is 1.57 bits per heavy atom. The lowest BCUT2D eigenvalue weighted by atomic mass is 10.2. The van der Waals surface area contributed by atoms with Crippen molar-refractivity contribution in [2.24, 2.45) is 5.73 Å². The van der Waals surface area contributed by atoms with Crippen LogP contribution < -0.4 is 11.1 Å². The van der Waals surface area contributed by atoms with Crippen LogP contribution in [0.2, 0.25) is 0 Å². The maximum atomic E-state index is 11.5. The molecule has 1 aromatic carbocycles. The van der Waals surface area contributed by atoms with Crippen LogP contribution in [0, 0.1) is 3.57 Å². The molecule has 0 heterocycles. The number of nitrogens with one attached hydrogen (secondary N) is 1. The number of nitrogens with two attached hydrogens (primary N) is 1. The summed E-state index contributed by atoms with van der Waals surface area (Å²) < 4.78 is 1.02. The predicted octanol–water partition coefficient (Wildman–Crippen LogP) is 1.97. The lowest BCUT2D eigenvalue weighted by Gasteiger charge is -2.10. The Labute approximate surface area is 97.2 Å². The SMILES string of the molecule is CCC(N)C(=O)Nc1ccccc1I. The summed E-state index contributed by atoms with van der Waals surface area (Å²) in [6.45, 7) is 1.89. The molecular formula is C10H13IN2O. The third-order valence-electron chi connectivity index (χ3n) is 1.91. The first kappa shape index (κ1) is 11.5. The number of halogens is 1. The largest absolute Gasteiger partial charge is 0.324 e. The van der Waals surface area contributed by atoms with Crippen LogP contribution in [-0.2, 0) is 4.79 Å². The fourth-order valence-electron chi connectivity index (χ4n) is 0.973. The van der Waals surface area contributed by atoms with E-state index in [1.165, 1.54) is 0 Å². The summed E-state index contributed by atoms with van der Waals surface area (Å²) in [5.74, 6) is -0.128. The quantitative estimate of drug-likeness (QED) is 0.839. The molecule has 0 aliphatic heterocycles. The van der Waals surface area contributed by atoms with Gasteiger partial charge in [0.15, 0.2) is 0 Å². The van der Waals surface area contributed by atoms with Gasteiger partial charge in [0.1, 0.15) is 0 Å². The van der Waals surface area contributed by atoms with E-state index in [1.54, 1.807) is 0 Å². The van der Waals surface area contributed by atoms with Crippen LogP contribution in [0.1, 0.15) is 13.3 Å². The molecule has 3 nitrogen and oxygen atoms in total. The molecule has 0 bridgehead atoms. The highest BCUT2D eigenvalue weighted by Crippen LogP contribution is 2.16. The summed E-state index contributed by atoms with van der Waals surface area (Å²) in [6.07, 6.45) is 0.648. The number of carbonyl (C=O) groups is 1. The second-order valence-electron chi connectivity index (χ2n) is 2.98. The topological polar surface area (TPSA) is 55.1 Å². The van der Waals surface area contributed by atoms with E-state index in [0.29, 0.717) is 6.42 Å². The Hall–Kier alpha value is -0.620. The zero-order valence-corrected chi connectivity index (χ0v) is 10.1. The lowest BCUT2D eigenvalue weighted by molar-refractivity contribution is -0.117. The summed E-state index contributed by atoms with van der Waals surface area (Å²) in [5.41, 5.74) is 6.42. The molecule has 0 aliphatic rings. The van der Waals surface area contributed by atoms with Crippen LogP contribution in [-0.4, -0.2) is 11.9 Å². The zero-order valence-electron chi connectivity index (χ0n) is 7.96. The fourth-order valence-corrected chi connectivity index (χ4v) is 1.50. The smallest absolute Gasteiger partial charge is 0.241 e. The Morgan fingerprint density at radius 2 is 2.21 bits per heavy atom. The van der Waals surface area contributed by atoms with E-state index in [-0.39, 0.29) is 5.91 Å². The monoisotopic (exact) mass is 304 g/mol. The molecule has 14 heavy (non-hydrogen) atoms. The van der Waals surface area contributed by atoms with Crippen LogP contribution in [0.3, 0.4) is 0 Å². The molecule has 1 atom stereocenters. The fraction of sp³-hybridized carbons (Fsp3) is 0.300. The number of rotatable bonds is 3. The minimum absolute atomic E-state index is 0.128. The minimum Gasteiger partial charge on any atom is -0.324 e. The number of para-hydroxylation sites is 1. The van der Waals surface area contributed by atoms with Gasteiger partial charge in [0, 0.05) is 3.57 Å². The first-order valence-corrected chi connectivity index (χ1v) is 5.54. The van der Waals surface area contributed by atoms with Gasteiger partial charge in [-0.1, -0.05) is 19.1 Å². The van der Waals surface area contributed by atoms with E-state index >= 15 is 0 Å². The molecule has 0 fully saturated rings. The standard InChI is InChI=1S/C10H13IN2O/c1-2-8(12)10(14)13-9-6-4-3-5-7(9)11/h3-6,8H,2,12H2,1H3,(H,13,14). The molecule has 1 rings (SSSR count). The third kappa shape index (κ3) is 2.95. The predicted molar refractivity (Wildman–Crippen MR) is 66.1 cm³/mol. The maximum absolute atomic E-state index is 11.5. The second kappa shape index (κ2) is 5.31. The molecule has 1 unspecified atom stereocenters. The van der Waals surface area contributed by atoms with Crippen molar-refractivity contribution >= 4 is 34.2 Å². The summed E-state index contributed by atoms with van der Waals surface area (Å²) in [5, 5.41) is 2.79. The van der Waals surface area contributed by atoms with Gasteiger partial charge in [0.05, 0.1) is 11.7 Å². The first-order valence-electron chi connectivity index (χ1n) is 4.46. The molecule has 0 spiro atoms. The molecule has 0 aromatic heterocycles. The van der Waals surface area contributed by atoms with E-state index in [0.717, 1.165) is 9.26 Å². The van der Waals surface area contributed by atoms with E-state index in [9.17, 15) is 4.79 Å². The molecule has 4 heteroatoms. The van der Waals surface area contributed by atoms with Crippen LogP contribution >= 0.6 is 22.6 Å². The molecule has 3 N–H and O–H groups in total. The normalized spacial score (nSPS) is 12.2. The van der Waals surface area contributed by atoms with Gasteiger partial charge >= 0.3 is 0 Å². The van der Waals surface area contributed by atoms with E-state index in [1.807, 2.05) is 31.2 Å². The lowest BCUT2D eigenvalue weighted by Crippen LogP contribution is -2.34. The van der Waals surface area contributed by atoms with Crippen molar-refractivity contribution in [1.29, 1.82) is 0 Å². The average Bonchev–Trinajstić information content (AvgIpc) is 2.20. The molecule has 0 saturated carbocycles. The van der Waals surface area contributed by atoms with Crippen LogP contribution in [0.25, 0.3) is 0 Å².